The molecule has 0 unspecified atom stereocenters. The first kappa shape index (κ1) is 14.2. The number of hydrogen-bond acceptors (Lipinski definition) is 2. The van der Waals surface area contributed by atoms with Crippen LogP contribution in [0.15, 0.2) is 36.1 Å². The van der Waals surface area contributed by atoms with Gasteiger partial charge in [-0.25, -0.2) is 0 Å². The van der Waals surface area contributed by atoms with E-state index >= 15 is 0 Å². The third-order valence-electron chi connectivity index (χ3n) is 1.21. The summed E-state index contributed by atoms with van der Waals surface area (Å²) in [4.78, 5) is 10.8. The number of Topliss-reactive ketones (excluding diaryl/α,β-unsaturated/α-hetero) is 1. The number of carbonyl (C=O) groups is 1. The number of aliphatic hydroxyl groups excluding tert-OH is 1. The van der Waals surface area contributed by atoms with Crippen molar-refractivity contribution in [1.29, 1.82) is 0 Å². The molecule has 0 aliphatic rings. The van der Waals surface area contributed by atoms with Crippen molar-refractivity contribution >= 4 is 5.78 Å². The van der Waals surface area contributed by atoms with Gasteiger partial charge in [-0.1, -0.05) is 26.5 Å². The van der Waals surface area contributed by atoms with Crippen molar-refractivity contribution in [2.45, 2.75) is 27.7 Å². The molecular formula is C11H18O2. The lowest BCUT2D eigenvalue weighted by molar-refractivity contribution is -0.113. The standard InChI is InChI=1S/C9H12O2.C2H6/c1-4-6-8(7(3)10)9(11)5-2;1-2/h4-6,11H,1H2,2-3H3;1-2H3/b8-6-,9-5+;. The number of ketones is 1. The number of carbonyl (C=O) groups excluding carboxylic acids is 1. The Balaban J connectivity index is 0. The molecule has 0 heterocycles. The highest BCUT2D eigenvalue weighted by Crippen LogP contribution is 2.07. The van der Waals surface area contributed by atoms with Gasteiger partial charge in [0.05, 0.1) is 5.57 Å². The van der Waals surface area contributed by atoms with E-state index < -0.39 is 0 Å². The van der Waals surface area contributed by atoms with Crippen LogP contribution in [0.1, 0.15) is 27.7 Å². The van der Waals surface area contributed by atoms with Gasteiger partial charge in [0.25, 0.3) is 0 Å². The van der Waals surface area contributed by atoms with Crippen LogP contribution in [0.3, 0.4) is 0 Å². The van der Waals surface area contributed by atoms with Crippen molar-refractivity contribution in [3.05, 3.63) is 36.1 Å². The van der Waals surface area contributed by atoms with Gasteiger partial charge >= 0.3 is 0 Å². The first-order chi connectivity index (χ1) is 6.13. The monoisotopic (exact) mass is 182 g/mol. The van der Waals surface area contributed by atoms with Crippen molar-refractivity contribution in [3.8, 4) is 0 Å². The summed E-state index contributed by atoms with van der Waals surface area (Å²) in [6.45, 7) is 10.5. The zero-order valence-electron chi connectivity index (χ0n) is 8.79. The molecule has 0 rings (SSSR count). The van der Waals surface area contributed by atoms with Crippen molar-refractivity contribution in [1.82, 2.24) is 0 Å². The predicted molar refractivity (Wildman–Crippen MR) is 56.7 cm³/mol. The Morgan fingerprint density at radius 3 is 2.08 bits per heavy atom. The fourth-order valence-electron chi connectivity index (χ4n) is 0.656. The quantitative estimate of drug-likeness (QED) is 0.413. The van der Waals surface area contributed by atoms with Gasteiger partial charge in [0.1, 0.15) is 5.76 Å². The Kier molecular flexibility index (Phi) is 9.61. The summed E-state index contributed by atoms with van der Waals surface area (Å²) in [5, 5.41) is 9.14. The summed E-state index contributed by atoms with van der Waals surface area (Å²) in [6, 6.07) is 0. The van der Waals surface area contributed by atoms with E-state index in [0.717, 1.165) is 0 Å². The van der Waals surface area contributed by atoms with E-state index in [1.54, 1.807) is 6.92 Å². The molecule has 0 fully saturated rings. The maximum Gasteiger partial charge on any atom is 0.163 e. The number of aliphatic hydroxyl groups is 1. The van der Waals surface area contributed by atoms with Crippen molar-refractivity contribution in [2.24, 2.45) is 0 Å². The SMILES string of the molecule is C=C/C=C(C(C)=O)\C(O)=C/C.CC. The molecule has 0 spiro atoms. The topological polar surface area (TPSA) is 37.3 Å². The smallest absolute Gasteiger partial charge is 0.163 e. The average Bonchev–Trinajstić information content (AvgIpc) is 2.15. The summed E-state index contributed by atoms with van der Waals surface area (Å²) < 4.78 is 0. The van der Waals surface area contributed by atoms with Crippen LogP contribution < -0.4 is 0 Å². The first-order valence-electron chi connectivity index (χ1n) is 4.32. The summed E-state index contributed by atoms with van der Waals surface area (Å²) in [5.74, 6) is -0.169. The minimum absolute atomic E-state index is 0.00241. The predicted octanol–water partition coefficient (Wildman–Crippen LogP) is 3.18. The lowest BCUT2D eigenvalue weighted by Crippen LogP contribution is -1.99. The molecule has 0 aromatic carbocycles. The molecule has 74 valence electrons. The fraction of sp³-hybridized carbons (Fsp3) is 0.364. The highest BCUT2D eigenvalue weighted by molar-refractivity contribution is 5.97. The van der Waals surface area contributed by atoms with Crippen LogP contribution in [0, 0.1) is 0 Å². The zero-order valence-corrected chi connectivity index (χ0v) is 8.79. The Bertz CT molecular complexity index is 222. The lowest BCUT2D eigenvalue weighted by atomic mass is 10.1. The van der Waals surface area contributed by atoms with Gasteiger partial charge in [-0.15, -0.1) is 0 Å². The summed E-state index contributed by atoms with van der Waals surface area (Å²) in [6.07, 6.45) is 4.42. The summed E-state index contributed by atoms with van der Waals surface area (Å²) in [7, 11) is 0. The van der Waals surface area contributed by atoms with Crippen molar-refractivity contribution < 1.29 is 9.90 Å². The summed E-state index contributed by atoms with van der Waals surface area (Å²) >= 11 is 0. The summed E-state index contributed by atoms with van der Waals surface area (Å²) in [5.41, 5.74) is 0.294. The van der Waals surface area contributed by atoms with Crippen LogP contribution >= 0.6 is 0 Å². The Labute approximate surface area is 80.3 Å². The van der Waals surface area contributed by atoms with Crippen LogP contribution in [0.2, 0.25) is 0 Å². The Hall–Kier alpha value is -1.31. The molecule has 0 saturated carbocycles. The van der Waals surface area contributed by atoms with E-state index in [1.165, 1.54) is 25.2 Å². The van der Waals surface area contributed by atoms with Gasteiger partial charge in [0, 0.05) is 0 Å². The van der Waals surface area contributed by atoms with E-state index in [9.17, 15) is 4.79 Å². The third kappa shape index (κ3) is 5.91. The minimum Gasteiger partial charge on any atom is -0.508 e. The highest BCUT2D eigenvalue weighted by atomic mass is 16.3. The second-order valence-corrected chi connectivity index (χ2v) is 2.05. The largest absolute Gasteiger partial charge is 0.508 e. The molecule has 13 heavy (non-hydrogen) atoms. The first-order valence-corrected chi connectivity index (χ1v) is 4.32. The molecule has 0 radical (unpaired) electrons. The molecule has 0 aromatic rings. The van der Waals surface area contributed by atoms with Crippen LogP contribution in [-0.4, -0.2) is 10.9 Å². The molecule has 0 atom stereocenters. The molecule has 0 aromatic heterocycles. The van der Waals surface area contributed by atoms with Gasteiger partial charge in [0.2, 0.25) is 0 Å². The van der Waals surface area contributed by atoms with Gasteiger partial charge < -0.3 is 5.11 Å². The van der Waals surface area contributed by atoms with E-state index in [4.69, 9.17) is 5.11 Å². The molecule has 1 N–H and O–H groups in total. The van der Waals surface area contributed by atoms with Gasteiger partial charge in [-0.3, -0.25) is 4.79 Å². The second kappa shape index (κ2) is 8.78. The van der Waals surface area contributed by atoms with Gasteiger partial charge in [-0.05, 0) is 26.0 Å². The normalized spacial score (nSPS) is 11.4. The van der Waals surface area contributed by atoms with E-state index in [1.807, 2.05) is 13.8 Å². The molecule has 0 saturated heterocycles. The van der Waals surface area contributed by atoms with Crippen LogP contribution in [0.4, 0.5) is 0 Å². The number of hydrogen-bond donors (Lipinski definition) is 1. The van der Waals surface area contributed by atoms with Crippen LogP contribution in [-0.2, 0) is 4.79 Å². The molecule has 2 nitrogen and oxygen atoms in total. The fourth-order valence-corrected chi connectivity index (χ4v) is 0.656. The second-order valence-electron chi connectivity index (χ2n) is 2.05. The maximum absolute atomic E-state index is 10.8. The number of allylic oxidation sites excluding steroid dienone is 4. The minimum atomic E-state index is -0.166. The molecule has 0 amide bonds. The Morgan fingerprint density at radius 2 is 1.85 bits per heavy atom. The molecule has 0 aliphatic carbocycles. The molecule has 0 aliphatic heterocycles. The van der Waals surface area contributed by atoms with E-state index in [-0.39, 0.29) is 11.5 Å². The van der Waals surface area contributed by atoms with E-state index in [2.05, 4.69) is 6.58 Å². The molecule has 2 heteroatoms. The van der Waals surface area contributed by atoms with Crippen molar-refractivity contribution in [3.63, 3.8) is 0 Å². The van der Waals surface area contributed by atoms with Crippen LogP contribution in [0.5, 0.6) is 0 Å². The Morgan fingerprint density at radius 1 is 1.38 bits per heavy atom. The average molecular weight is 182 g/mol. The van der Waals surface area contributed by atoms with Crippen molar-refractivity contribution in [2.75, 3.05) is 0 Å². The highest BCUT2D eigenvalue weighted by Gasteiger charge is 2.05. The van der Waals surface area contributed by atoms with Gasteiger partial charge in [-0.2, -0.15) is 0 Å². The lowest BCUT2D eigenvalue weighted by Gasteiger charge is -1.98. The maximum atomic E-state index is 10.8. The van der Waals surface area contributed by atoms with Gasteiger partial charge in [0.15, 0.2) is 5.78 Å². The third-order valence-corrected chi connectivity index (χ3v) is 1.21. The molecule has 0 bridgehead atoms. The van der Waals surface area contributed by atoms with Crippen LogP contribution in [0.25, 0.3) is 0 Å². The molecular weight excluding hydrogens is 164 g/mol. The number of rotatable bonds is 3. The van der Waals surface area contributed by atoms with E-state index in [0.29, 0.717) is 5.57 Å². The zero-order chi connectivity index (χ0) is 10.9.